The lowest BCUT2D eigenvalue weighted by atomic mass is 9.99. The maximum absolute atomic E-state index is 12.3. The van der Waals surface area contributed by atoms with E-state index in [1.165, 1.54) is 20.1 Å². The molecule has 1 aromatic rings. The Morgan fingerprint density at radius 2 is 1.67 bits per heavy atom. The molecular formula is C23H34N4O6. The molecular weight excluding hydrogens is 428 g/mol. The molecule has 1 aromatic carbocycles. The monoisotopic (exact) mass is 462 g/mol. The van der Waals surface area contributed by atoms with E-state index >= 15 is 0 Å². The zero-order valence-electron chi connectivity index (χ0n) is 20.1. The van der Waals surface area contributed by atoms with Gasteiger partial charge in [-0.3, -0.25) is 19.8 Å². The highest BCUT2D eigenvalue weighted by Crippen LogP contribution is 2.36. The average Bonchev–Trinajstić information content (AvgIpc) is 2.77. The first-order chi connectivity index (χ1) is 15.5. The molecule has 1 amide bonds. The number of piperidine rings is 1. The van der Waals surface area contributed by atoms with Crippen molar-refractivity contribution >= 4 is 23.3 Å². The van der Waals surface area contributed by atoms with E-state index in [2.05, 4.69) is 9.80 Å². The molecule has 3 rings (SSSR count). The molecule has 0 saturated carbocycles. The van der Waals surface area contributed by atoms with Gasteiger partial charge < -0.3 is 19.3 Å². The number of carbonyl (C=O) groups excluding carboxylic acids is 2. The van der Waals surface area contributed by atoms with Crippen molar-refractivity contribution in [1.29, 1.82) is 0 Å². The highest BCUT2D eigenvalue weighted by Gasteiger charge is 2.32. The van der Waals surface area contributed by atoms with E-state index in [1.807, 2.05) is 20.8 Å². The van der Waals surface area contributed by atoms with Gasteiger partial charge in [-0.2, -0.15) is 0 Å². The van der Waals surface area contributed by atoms with Crippen LogP contribution >= 0.6 is 0 Å². The molecule has 10 nitrogen and oxygen atoms in total. The standard InChI is InChI=1S/C23H34N4O6/c1-16(28)18-14-20(27(30)31)21(32-5)15-19(18)25-8-6-17(7-9-25)24-10-12-26(13-11-24)22(29)33-23(2,3)4/h14-15,17H,6-13H2,1-5H3. The van der Waals surface area contributed by atoms with E-state index in [9.17, 15) is 19.7 Å². The number of nitro groups is 1. The summed E-state index contributed by atoms with van der Waals surface area (Å²) in [7, 11) is 1.39. The van der Waals surface area contributed by atoms with Crippen LogP contribution in [-0.2, 0) is 4.74 Å². The Morgan fingerprint density at radius 3 is 2.15 bits per heavy atom. The van der Waals surface area contributed by atoms with Crippen LogP contribution in [0, 0.1) is 10.1 Å². The normalized spacial score (nSPS) is 18.2. The van der Waals surface area contributed by atoms with Crippen LogP contribution in [0.1, 0.15) is 50.9 Å². The summed E-state index contributed by atoms with van der Waals surface area (Å²) in [6.07, 6.45) is 1.55. The molecule has 2 aliphatic heterocycles. The van der Waals surface area contributed by atoms with E-state index < -0.39 is 10.5 Å². The summed E-state index contributed by atoms with van der Waals surface area (Å²) < 4.78 is 10.7. The van der Waals surface area contributed by atoms with E-state index in [0.29, 0.717) is 30.4 Å². The van der Waals surface area contributed by atoms with Crippen LogP contribution in [-0.4, -0.2) is 84.6 Å². The number of carbonyl (C=O) groups is 2. The maximum Gasteiger partial charge on any atom is 0.410 e. The number of piperazine rings is 1. The SMILES string of the molecule is COc1cc(N2CCC(N3CCN(C(=O)OC(C)(C)C)CC3)CC2)c(C(C)=O)cc1[N+](=O)[O-]. The van der Waals surface area contributed by atoms with Crippen molar-refractivity contribution in [1.82, 2.24) is 9.80 Å². The van der Waals surface area contributed by atoms with Crippen molar-refractivity contribution in [2.75, 3.05) is 51.3 Å². The molecule has 0 N–H and O–H groups in total. The number of Topliss-reactive ketones (excluding diaryl/α,β-unsaturated/α-hetero) is 1. The molecule has 2 saturated heterocycles. The van der Waals surface area contributed by atoms with Gasteiger partial charge in [0.05, 0.1) is 17.7 Å². The van der Waals surface area contributed by atoms with E-state index in [-0.39, 0.29) is 23.3 Å². The molecule has 33 heavy (non-hydrogen) atoms. The van der Waals surface area contributed by atoms with Gasteiger partial charge in [-0.1, -0.05) is 0 Å². The predicted octanol–water partition coefficient (Wildman–Crippen LogP) is 3.33. The summed E-state index contributed by atoms with van der Waals surface area (Å²) in [6, 6.07) is 3.32. The van der Waals surface area contributed by atoms with E-state index in [4.69, 9.17) is 9.47 Å². The Balaban J connectivity index is 1.62. The number of ether oxygens (including phenoxy) is 2. The van der Waals surface area contributed by atoms with Crippen molar-refractivity contribution in [2.24, 2.45) is 0 Å². The van der Waals surface area contributed by atoms with Crippen molar-refractivity contribution < 1.29 is 24.0 Å². The van der Waals surface area contributed by atoms with Gasteiger partial charge in [-0.15, -0.1) is 0 Å². The zero-order chi connectivity index (χ0) is 24.3. The molecule has 0 atom stereocenters. The number of amides is 1. The van der Waals surface area contributed by atoms with Gasteiger partial charge in [0.1, 0.15) is 5.60 Å². The number of hydrogen-bond acceptors (Lipinski definition) is 8. The van der Waals surface area contributed by atoms with Gasteiger partial charge in [0.15, 0.2) is 11.5 Å². The highest BCUT2D eigenvalue weighted by molar-refractivity contribution is 6.01. The van der Waals surface area contributed by atoms with Crippen LogP contribution in [0.15, 0.2) is 12.1 Å². The van der Waals surface area contributed by atoms with E-state index in [0.717, 1.165) is 39.0 Å². The molecule has 2 aliphatic rings. The molecule has 0 aliphatic carbocycles. The largest absolute Gasteiger partial charge is 0.490 e. The summed E-state index contributed by atoms with van der Waals surface area (Å²) in [5.74, 6) is -0.0588. The topological polar surface area (TPSA) is 105 Å². The smallest absolute Gasteiger partial charge is 0.410 e. The third kappa shape index (κ3) is 5.93. The van der Waals surface area contributed by atoms with Gasteiger partial charge >= 0.3 is 11.8 Å². The summed E-state index contributed by atoms with van der Waals surface area (Å²) in [5.41, 5.74) is 0.314. The Kier molecular flexibility index (Phi) is 7.46. The van der Waals surface area contributed by atoms with Gasteiger partial charge in [0.25, 0.3) is 0 Å². The lowest BCUT2D eigenvalue weighted by Gasteiger charge is -2.43. The average molecular weight is 463 g/mol. The predicted molar refractivity (Wildman–Crippen MR) is 124 cm³/mol. The lowest BCUT2D eigenvalue weighted by molar-refractivity contribution is -0.385. The van der Waals surface area contributed by atoms with Gasteiger partial charge in [-0.25, -0.2) is 4.79 Å². The van der Waals surface area contributed by atoms with Crippen molar-refractivity contribution in [2.45, 2.75) is 52.2 Å². The fraction of sp³-hybridized carbons (Fsp3) is 0.652. The fourth-order valence-corrected chi connectivity index (χ4v) is 4.48. The Labute approximate surface area is 194 Å². The van der Waals surface area contributed by atoms with Crippen LogP contribution < -0.4 is 9.64 Å². The number of nitrogens with zero attached hydrogens (tertiary/aromatic N) is 4. The number of anilines is 1. The van der Waals surface area contributed by atoms with Crippen LogP contribution in [0.4, 0.5) is 16.2 Å². The molecule has 0 bridgehead atoms. The number of methoxy groups -OCH3 is 1. The minimum absolute atomic E-state index is 0.153. The van der Waals surface area contributed by atoms with Crippen molar-refractivity contribution in [3.8, 4) is 5.75 Å². The summed E-state index contributed by atoms with van der Waals surface area (Å²) in [6.45, 7) is 11.4. The third-order valence-electron chi connectivity index (χ3n) is 6.16. The first-order valence-corrected chi connectivity index (χ1v) is 11.3. The summed E-state index contributed by atoms with van der Waals surface area (Å²) >= 11 is 0. The molecule has 182 valence electrons. The summed E-state index contributed by atoms with van der Waals surface area (Å²) in [5, 5.41) is 11.4. The first-order valence-electron chi connectivity index (χ1n) is 11.3. The first kappa shape index (κ1) is 24.8. The second kappa shape index (κ2) is 9.94. The van der Waals surface area contributed by atoms with Crippen molar-refractivity contribution in [3.63, 3.8) is 0 Å². The van der Waals surface area contributed by atoms with Gasteiger partial charge in [-0.05, 0) is 40.5 Å². The molecule has 0 radical (unpaired) electrons. The maximum atomic E-state index is 12.3. The minimum Gasteiger partial charge on any atom is -0.490 e. The molecule has 0 spiro atoms. The third-order valence-corrected chi connectivity index (χ3v) is 6.16. The van der Waals surface area contributed by atoms with Crippen LogP contribution in [0.2, 0.25) is 0 Å². The molecule has 2 fully saturated rings. The number of benzene rings is 1. The highest BCUT2D eigenvalue weighted by atomic mass is 16.6. The zero-order valence-corrected chi connectivity index (χ0v) is 20.1. The van der Waals surface area contributed by atoms with Gasteiger partial charge in [0.2, 0.25) is 0 Å². The van der Waals surface area contributed by atoms with Crippen molar-refractivity contribution in [3.05, 3.63) is 27.8 Å². The Hall–Kier alpha value is -2.88. The lowest BCUT2D eigenvalue weighted by Crippen LogP contribution is -2.55. The van der Waals surface area contributed by atoms with Crippen LogP contribution in [0.3, 0.4) is 0 Å². The number of rotatable bonds is 5. The summed E-state index contributed by atoms with van der Waals surface area (Å²) in [4.78, 5) is 41.6. The second-order valence-corrected chi connectivity index (χ2v) is 9.58. The van der Waals surface area contributed by atoms with E-state index in [1.54, 1.807) is 11.0 Å². The number of ketones is 1. The molecule has 10 heteroatoms. The Morgan fingerprint density at radius 1 is 1.06 bits per heavy atom. The molecule has 2 heterocycles. The van der Waals surface area contributed by atoms with Crippen LogP contribution in [0.25, 0.3) is 0 Å². The second-order valence-electron chi connectivity index (χ2n) is 9.58. The minimum atomic E-state index is -0.530. The fourth-order valence-electron chi connectivity index (χ4n) is 4.48. The van der Waals surface area contributed by atoms with Crippen LogP contribution in [0.5, 0.6) is 5.75 Å². The molecule has 0 unspecified atom stereocenters. The number of nitro benzene ring substituents is 1. The quantitative estimate of drug-likeness (QED) is 0.373. The molecule has 0 aromatic heterocycles. The number of hydrogen-bond donors (Lipinski definition) is 0. The Bertz CT molecular complexity index is 897. The van der Waals surface area contributed by atoms with Gasteiger partial charge in [0, 0.05) is 63.0 Å².